The summed E-state index contributed by atoms with van der Waals surface area (Å²) in [5.74, 6) is -0.128. The number of aliphatic hydroxyl groups is 1. The van der Waals surface area contributed by atoms with Crippen molar-refractivity contribution >= 4 is 5.91 Å². The van der Waals surface area contributed by atoms with Crippen molar-refractivity contribution in [1.82, 2.24) is 10.2 Å². The van der Waals surface area contributed by atoms with E-state index in [0.29, 0.717) is 36.7 Å². The number of nitrogens with zero attached hydrogens (tertiary/aromatic N) is 1. The molecule has 0 radical (unpaired) electrons. The number of ether oxygens (including phenoxy) is 1. The van der Waals surface area contributed by atoms with Crippen LogP contribution >= 0.6 is 0 Å². The van der Waals surface area contributed by atoms with Crippen LogP contribution in [0.1, 0.15) is 44.1 Å². The van der Waals surface area contributed by atoms with E-state index in [-0.39, 0.29) is 24.8 Å². The van der Waals surface area contributed by atoms with E-state index in [9.17, 15) is 14.3 Å². The molecule has 1 amide bonds. The highest BCUT2D eigenvalue weighted by Crippen LogP contribution is 2.27. The number of methoxy groups -OCH3 is 1. The van der Waals surface area contributed by atoms with Gasteiger partial charge >= 0.3 is 0 Å². The Bertz CT molecular complexity index is 619. The van der Waals surface area contributed by atoms with E-state index in [4.69, 9.17) is 4.74 Å². The molecule has 0 aromatic heterocycles. The molecule has 25 heavy (non-hydrogen) atoms. The van der Waals surface area contributed by atoms with Crippen molar-refractivity contribution in [2.75, 3.05) is 20.2 Å². The number of carbonyl (C=O) groups is 1. The summed E-state index contributed by atoms with van der Waals surface area (Å²) in [6.45, 7) is 0.947. The molecule has 138 valence electrons. The number of halogens is 1. The smallest absolute Gasteiger partial charge is 0.256 e. The lowest BCUT2D eigenvalue weighted by Crippen LogP contribution is -2.58. The highest BCUT2D eigenvalue weighted by atomic mass is 19.1. The van der Waals surface area contributed by atoms with E-state index >= 15 is 0 Å². The molecule has 0 bridgehead atoms. The number of hydrogen-bond acceptors (Lipinski definition) is 4. The van der Waals surface area contributed by atoms with E-state index in [2.05, 4.69) is 5.32 Å². The molecule has 1 heterocycles. The van der Waals surface area contributed by atoms with Crippen molar-refractivity contribution in [2.24, 2.45) is 0 Å². The van der Waals surface area contributed by atoms with Gasteiger partial charge in [0, 0.05) is 31.2 Å². The van der Waals surface area contributed by atoms with Crippen molar-refractivity contribution < 1.29 is 19.0 Å². The summed E-state index contributed by atoms with van der Waals surface area (Å²) in [5.41, 5.74) is -0.989. The zero-order valence-corrected chi connectivity index (χ0v) is 14.8. The van der Waals surface area contributed by atoms with Gasteiger partial charge < -0.3 is 20.1 Å². The van der Waals surface area contributed by atoms with Crippen LogP contribution < -0.4 is 10.1 Å². The topological polar surface area (TPSA) is 61.8 Å². The lowest BCUT2D eigenvalue weighted by molar-refractivity contribution is -0.157. The number of likely N-dealkylation sites (tertiary alicyclic amines) is 1. The first-order valence-electron chi connectivity index (χ1n) is 9.09. The second kappa shape index (κ2) is 7.70. The van der Waals surface area contributed by atoms with E-state index < -0.39 is 5.60 Å². The maximum atomic E-state index is 14.1. The first-order chi connectivity index (χ1) is 12.0. The lowest BCUT2D eigenvalue weighted by atomic mass is 9.91. The van der Waals surface area contributed by atoms with Gasteiger partial charge in [-0.15, -0.1) is 0 Å². The normalized spacial score (nSPS) is 24.8. The molecule has 1 atom stereocenters. The molecule has 1 aromatic rings. The zero-order valence-electron chi connectivity index (χ0n) is 14.8. The van der Waals surface area contributed by atoms with Crippen LogP contribution in [0.2, 0.25) is 0 Å². The van der Waals surface area contributed by atoms with Crippen LogP contribution in [-0.2, 0) is 11.3 Å². The predicted octanol–water partition coefficient (Wildman–Crippen LogP) is 2.22. The maximum Gasteiger partial charge on any atom is 0.256 e. The van der Waals surface area contributed by atoms with Crippen molar-refractivity contribution in [2.45, 2.75) is 56.7 Å². The molecular formula is C19H27FN2O3. The molecule has 2 aliphatic rings. The molecule has 1 saturated carbocycles. The largest absolute Gasteiger partial charge is 0.497 e. The van der Waals surface area contributed by atoms with Crippen LogP contribution in [0.4, 0.5) is 4.39 Å². The van der Waals surface area contributed by atoms with Gasteiger partial charge in [-0.1, -0.05) is 12.8 Å². The molecular weight excluding hydrogens is 323 g/mol. The highest BCUT2D eigenvalue weighted by molar-refractivity contribution is 5.86. The first kappa shape index (κ1) is 18.1. The summed E-state index contributed by atoms with van der Waals surface area (Å²) in [7, 11) is 1.52. The Morgan fingerprint density at radius 3 is 2.84 bits per heavy atom. The van der Waals surface area contributed by atoms with Gasteiger partial charge in [0.1, 0.15) is 11.6 Å². The summed E-state index contributed by atoms with van der Waals surface area (Å²) >= 11 is 0. The van der Waals surface area contributed by atoms with Crippen LogP contribution in [0.3, 0.4) is 0 Å². The minimum Gasteiger partial charge on any atom is -0.497 e. The third-order valence-electron chi connectivity index (χ3n) is 5.36. The second-order valence-corrected chi connectivity index (χ2v) is 7.18. The van der Waals surface area contributed by atoms with Crippen LogP contribution in [-0.4, -0.2) is 47.8 Å². The Hall–Kier alpha value is -1.66. The van der Waals surface area contributed by atoms with Gasteiger partial charge in [-0.3, -0.25) is 4.79 Å². The molecule has 0 spiro atoms. The monoisotopic (exact) mass is 350 g/mol. The second-order valence-electron chi connectivity index (χ2n) is 7.18. The third-order valence-corrected chi connectivity index (χ3v) is 5.36. The van der Waals surface area contributed by atoms with Crippen LogP contribution in [0, 0.1) is 5.82 Å². The lowest BCUT2D eigenvalue weighted by Gasteiger charge is -2.39. The summed E-state index contributed by atoms with van der Waals surface area (Å²) in [6, 6.07) is 4.89. The zero-order chi connectivity index (χ0) is 17.9. The standard InChI is InChI=1S/C19H27FN2O3/c1-25-16-7-8-17(20)14(11-16)12-22-10-4-9-19(24,18(22)23)13-21-15-5-2-3-6-15/h7-8,11,15,21,24H,2-6,9-10,12-13H2,1H3/t19-/m1/s1. The van der Waals surface area contributed by atoms with Crippen LogP contribution in [0.5, 0.6) is 5.75 Å². The van der Waals surface area contributed by atoms with Crippen molar-refractivity contribution in [3.63, 3.8) is 0 Å². The van der Waals surface area contributed by atoms with E-state index in [1.807, 2.05) is 0 Å². The Morgan fingerprint density at radius 2 is 2.12 bits per heavy atom. The van der Waals surface area contributed by atoms with Gasteiger partial charge in [-0.25, -0.2) is 4.39 Å². The van der Waals surface area contributed by atoms with Gasteiger partial charge in [0.25, 0.3) is 5.91 Å². The third kappa shape index (κ3) is 4.12. The fourth-order valence-electron chi connectivity index (χ4n) is 3.83. The van der Waals surface area contributed by atoms with Crippen LogP contribution in [0.15, 0.2) is 18.2 Å². The summed E-state index contributed by atoms with van der Waals surface area (Å²) in [4.78, 5) is 14.4. The number of rotatable bonds is 6. The number of benzene rings is 1. The number of nitrogens with one attached hydrogen (secondary N) is 1. The van der Waals surface area contributed by atoms with Crippen molar-refractivity contribution in [3.8, 4) is 5.75 Å². The minimum atomic E-state index is -1.39. The van der Waals surface area contributed by atoms with Crippen molar-refractivity contribution in [3.05, 3.63) is 29.6 Å². The number of amides is 1. The van der Waals surface area contributed by atoms with Gasteiger partial charge in [-0.2, -0.15) is 0 Å². The molecule has 6 heteroatoms. The molecule has 2 N–H and O–H groups in total. The van der Waals surface area contributed by atoms with Gasteiger partial charge in [0.15, 0.2) is 5.60 Å². The Labute approximate surface area is 148 Å². The number of piperidine rings is 1. The van der Waals surface area contributed by atoms with Crippen molar-refractivity contribution in [1.29, 1.82) is 0 Å². The summed E-state index contributed by atoms with van der Waals surface area (Å²) in [6.07, 6.45) is 5.76. The van der Waals surface area contributed by atoms with Crippen LogP contribution in [0.25, 0.3) is 0 Å². The first-order valence-corrected chi connectivity index (χ1v) is 9.09. The van der Waals surface area contributed by atoms with E-state index in [0.717, 1.165) is 12.8 Å². The molecule has 1 aliphatic carbocycles. The van der Waals surface area contributed by atoms with E-state index in [1.54, 1.807) is 17.0 Å². The average Bonchev–Trinajstić information content (AvgIpc) is 3.13. The molecule has 1 aromatic carbocycles. The molecule has 0 unspecified atom stereocenters. The van der Waals surface area contributed by atoms with E-state index in [1.165, 1.54) is 26.0 Å². The molecule has 2 fully saturated rings. The molecule has 1 saturated heterocycles. The summed E-state index contributed by atoms with van der Waals surface area (Å²) < 4.78 is 19.2. The average molecular weight is 350 g/mol. The Balaban J connectivity index is 1.66. The fraction of sp³-hybridized carbons (Fsp3) is 0.632. The Morgan fingerprint density at radius 1 is 1.36 bits per heavy atom. The number of carbonyl (C=O) groups excluding carboxylic acids is 1. The summed E-state index contributed by atoms with van der Waals surface area (Å²) in [5, 5.41) is 14.2. The number of hydrogen-bond donors (Lipinski definition) is 2. The fourth-order valence-corrected chi connectivity index (χ4v) is 3.83. The maximum absolute atomic E-state index is 14.1. The molecule has 5 nitrogen and oxygen atoms in total. The van der Waals surface area contributed by atoms with Gasteiger partial charge in [0.05, 0.1) is 7.11 Å². The quantitative estimate of drug-likeness (QED) is 0.826. The SMILES string of the molecule is COc1ccc(F)c(CN2CCC[C@@](O)(CNC3CCCC3)C2=O)c1. The molecule has 1 aliphatic heterocycles. The Kier molecular flexibility index (Phi) is 5.59. The predicted molar refractivity (Wildman–Crippen MR) is 92.8 cm³/mol. The molecule has 3 rings (SSSR count). The van der Waals surface area contributed by atoms with Gasteiger partial charge in [-0.05, 0) is 43.9 Å². The van der Waals surface area contributed by atoms with Gasteiger partial charge in [0.2, 0.25) is 0 Å². The highest BCUT2D eigenvalue weighted by Gasteiger charge is 2.42. The minimum absolute atomic E-state index is 0.146.